The number of aliphatic carboxylic acids is 1. The Labute approximate surface area is 227 Å². The zero-order chi connectivity index (χ0) is 27.8. The fourth-order valence-electron chi connectivity index (χ4n) is 3.49. The number of halogens is 2. The number of carboxylic acid groups (broad SMARTS) is 1. The van der Waals surface area contributed by atoms with E-state index < -0.39 is 11.8 Å². The van der Waals surface area contributed by atoms with Crippen LogP contribution in [0.2, 0.25) is 0 Å². The van der Waals surface area contributed by atoms with Crippen LogP contribution in [0.15, 0.2) is 125 Å². The van der Waals surface area contributed by atoms with Gasteiger partial charge in [0.25, 0.3) is 0 Å². The van der Waals surface area contributed by atoms with Crippen LogP contribution in [-0.2, 0) is 16.0 Å². The molecule has 3 N–H and O–H groups in total. The maximum absolute atomic E-state index is 13.4. The van der Waals surface area contributed by atoms with Gasteiger partial charge in [-0.15, -0.1) is 0 Å². The van der Waals surface area contributed by atoms with Crippen molar-refractivity contribution in [2.75, 3.05) is 13.1 Å². The van der Waals surface area contributed by atoms with Gasteiger partial charge in [-0.3, -0.25) is 5.14 Å². The Bertz CT molecular complexity index is 1170. The zero-order valence-corrected chi connectivity index (χ0v) is 22.3. The molecule has 0 atom stereocenters. The number of benzene rings is 1. The Morgan fingerprint density at radius 2 is 1.95 bits per heavy atom. The largest absolute Gasteiger partial charge is 0.478 e. The van der Waals surface area contributed by atoms with Gasteiger partial charge in [0.05, 0.1) is 10.5 Å². The van der Waals surface area contributed by atoms with Crippen molar-refractivity contribution in [3.05, 3.63) is 131 Å². The van der Waals surface area contributed by atoms with Crippen molar-refractivity contribution < 1.29 is 23.4 Å². The van der Waals surface area contributed by atoms with Gasteiger partial charge in [0, 0.05) is 19.3 Å². The SMILES string of the molecule is C=C(/C=C(SN)\C(=C\N(CCC1=CCCC=C1)CCc1ccccc1)OC(/C=C\C(F)=C\F)=C/C)C(=O)O. The van der Waals surface area contributed by atoms with Crippen LogP contribution in [0.5, 0.6) is 0 Å². The molecular weight excluding hydrogens is 506 g/mol. The Morgan fingerprint density at radius 1 is 1.21 bits per heavy atom. The Hall–Kier alpha value is -3.62. The minimum atomic E-state index is -1.20. The fourth-order valence-corrected chi connectivity index (χ4v) is 3.91. The van der Waals surface area contributed by atoms with Crippen molar-refractivity contribution in [3.8, 4) is 0 Å². The van der Waals surface area contributed by atoms with Gasteiger partial charge in [-0.1, -0.05) is 60.7 Å². The van der Waals surface area contributed by atoms with Crippen molar-refractivity contribution in [2.24, 2.45) is 5.14 Å². The third kappa shape index (κ3) is 11.2. The van der Waals surface area contributed by atoms with Gasteiger partial charge in [0.2, 0.25) is 0 Å². The second-order valence-electron chi connectivity index (χ2n) is 8.35. The van der Waals surface area contributed by atoms with E-state index in [1.54, 1.807) is 19.2 Å². The monoisotopic (exact) mass is 540 g/mol. The minimum Gasteiger partial charge on any atom is -0.478 e. The van der Waals surface area contributed by atoms with Crippen LogP contribution in [0.4, 0.5) is 8.78 Å². The Balaban J connectivity index is 2.44. The highest BCUT2D eigenvalue weighted by atomic mass is 32.2. The fraction of sp³-hybridized carbons (Fsp3) is 0.233. The lowest BCUT2D eigenvalue weighted by atomic mass is 10.0. The molecular formula is C30H34F2N2O3S. The summed E-state index contributed by atoms with van der Waals surface area (Å²) in [5.41, 5.74) is 2.23. The van der Waals surface area contributed by atoms with Crippen molar-refractivity contribution in [1.29, 1.82) is 0 Å². The predicted molar refractivity (Wildman–Crippen MR) is 152 cm³/mol. The van der Waals surface area contributed by atoms with Crippen LogP contribution in [-0.4, -0.2) is 29.1 Å². The van der Waals surface area contributed by atoms with E-state index in [0.717, 1.165) is 43.7 Å². The summed E-state index contributed by atoms with van der Waals surface area (Å²) >= 11 is 0.805. The van der Waals surface area contributed by atoms with Crippen LogP contribution < -0.4 is 5.14 Å². The third-order valence-corrected chi connectivity index (χ3v) is 6.14. The number of nitrogens with two attached hydrogens (primary N) is 1. The number of rotatable bonds is 15. The van der Waals surface area contributed by atoms with Crippen molar-refractivity contribution in [1.82, 2.24) is 4.90 Å². The van der Waals surface area contributed by atoms with E-state index >= 15 is 0 Å². The van der Waals surface area contributed by atoms with E-state index in [9.17, 15) is 18.7 Å². The number of allylic oxidation sites excluding steroid dienone is 7. The maximum Gasteiger partial charge on any atom is 0.335 e. The molecule has 5 nitrogen and oxygen atoms in total. The number of ether oxygens (including phenoxy) is 1. The number of nitrogens with zero attached hydrogens (tertiary/aromatic N) is 1. The lowest BCUT2D eigenvalue weighted by Gasteiger charge is -2.24. The molecule has 1 aromatic carbocycles. The average Bonchev–Trinajstić information content (AvgIpc) is 2.95. The highest BCUT2D eigenvalue weighted by Gasteiger charge is 2.15. The molecule has 0 spiro atoms. The normalized spacial score (nSPS) is 15.0. The first-order chi connectivity index (χ1) is 18.4. The molecule has 0 saturated carbocycles. The maximum atomic E-state index is 13.4. The molecule has 0 fully saturated rings. The Kier molecular flexibility index (Phi) is 13.7. The van der Waals surface area contributed by atoms with Crippen LogP contribution in [0.1, 0.15) is 31.7 Å². The molecule has 0 saturated heterocycles. The summed E-state index contributed by atoms with van der Waals surface area (Å²) in [6.07, 6.45) is 16.8. The lowest BCUT2D eigenvalue weighted by Crippen LogP contribution is -2.23. The van der Waals surface area contributed by atoms with Gasteiger partial charge in [-0.2, -0.15) is 0 Å². The second kappa shape index (κ2) is 17.0. The van der Waals surface area contributed by atoms with Gasteiger partial charge >= 0.3 is 5.97 Å². The summed E-state index contributed by atoms with van der Waals surface area (Å²) in [6, 6.07) is 10.0. The van der Waals surface area contributed by atoms with Gasteiger partial charge in [-0.05, 0) is 74.4 Å². The molecule has 202 valence electrons. The molecule has 0 aliphatic heterocycles. The van der Waals surface area contributed by atoms with Crippen LogP contribution in [0, 0.1) is 0 Å². The summed E-state index contributed by atoms with van der Waals surface area (Å²) < 4.78 is 31.9. The molecule has 8 heteroatoms. The van der Waals surface area contributed by atoms with E-state index in [1.165, 1.54) is 23.3 Å². The molecule has 0 heterocycles. The van der Waals surface area contributed by atoms with E-state index in [2.05, 4.69) is 41.8 Å². The highest BCUT2D eigenvalue weighted by molar-refractivity contribution is 8.01. The molecule has 0 bridgehead atoms. The summed E-state index contributed by atoms with van der Waals surface area (Å²) in [4.78, 5) is 13.8. The number of carboxylic acids is 1. The molecule has 38 heavy (non-hydrogen) atoms. The van der Waals surface area contributed by atoms with E-state index in [1.807, 2.05) is 18.2 Å². The topological polar surface area (TPSA) is 75.8 Å². The van der Waals surface area contributed by atoms with Gasteiger partial charge in [0.15, 0.2) is 11.6 Å². The number of hydrogen-bond donors (Lipinski definition) is 2. The molecule has 0 aromatic heterocycles. The average molecular weight is 541 g/mol. The smallest absolute Gasteiger partial charge is 0.335 e. The molecule has 2 rings (SSSR count). The molecule has 0 radical (unpaired) electrons. The van der Waals surface area contributed by atoms with Crippen LogP contribution >= 0.6 is 11.9 Å². The number of hydrogen-bond acceptors (Lipinski definition) is 5. The van der Waals surface area contributed by atoms with Crippen LogP contribution in [0.25, 0.3) is 0 Å². The molecule has 1 aromatic rings. The lowest BCUT2D eigenvalue weighted by molar-refractivity contribution is -0.132. The van der Waals surface area contributed by atoms with Gasteiger partial charge < -0.3 is 14.7 Å². The first kappa shape index (κ1) is 30.6. The van der Waals surface area contributed by atoms with Gasteiger partial charge in [-0.25, -0.2) is 13.6 Å². The first-order valence-electron chi connectivity index (χ1n) is 12.2. The minimum absolute atomic E-state index is 0.155. The summed E-state index contributed by atoms with van der Waals surface area (Å²) in [5.74, 6) is -1.80. The summed E-state index contributed by atoms with van der Waals surface area (Å²) in [6.45, 7) is 6.56. The highest BCUT2D eigenvalue weighted by Crippen LogP contribution is 2.26. The second-order valence-corrected chi connectivity index (χ2v) is 9.03. The van der Waals surface area contributed by atoms with Crippen molar-refractivity contribution in [3.63, 3.8) is 0 Å². The van der Waals surface area contributed by atoms with Crippen molar-refractivity contribution >= 4 is 17.9 Å². The van der Waals surface area contributed by atoms with Crippen molar-refractivity contribution in [2.45, 2.75) is 32.6 Å². The van der Waals surface area contributed by atoms with E-state index in [0.29, 0.717) is 18.0 Å². The molecule has 0 amide bonds. The van der Waals surface area contributed by atoms with Gasteiger partial charge in [0.1, 0.15) is 12.1 Å². The summed E-state index contributed by atoms with van der Waals surface area (Å²) in [5, 5.41) is 15.3. The Morgan fingerprint density at radius 3 is 2.55 bits per heavy atom. The first-order valence-corrected chi connectivity index (χ1v) is 13.1. The zero-order valence-electron chi connectivity index (χ0n) is 21.5. The van der Waals surface area contributed by atoms with E-state index in [-0.39, 0.29) is 23.4 Å². The standard InChI is InChI=1S/C30H34F2N2O3S/c1-3-27(15-14-26(32)21-31)37-28(29(38-33)20-23(2)30(35)36)22-34(18-16-24-10-6-4-7-11-24)19-17-25-12-8-5-9-13-25/h3-4,6-8,10-15,20-22H,2,5,9,16-19,33H2,1H3,(H,35,36)/b15-14-,26-21-,27-3+,28-22-,29-20+. The molecule has 1 aliphatic carbocycles. The molecule has 1 aliphatic rings. The summed E-state index contributed by atoms with van der Waals surface area (Å²) in [7, 11) is 0. The van der Waals surface area contributed by atoms with E-state index in [4.69, 9.17) is 9.88 Å². The quantitative estimate of drug-likeness (QED) is 0.104. The molecule has 0 unspecified atom stereocenters. The number of carbonyl (C=O) groups is 1. The third-order valence-electron chi connectivity index (χ3n) is 5.56. The predicted octanol–water partition coefficient (Wildman–Crippen LogP) is 7.43. The van der Waals surface area contributed by atoms with Crippen LogP contribution in [0.3, 0.4) is 0 Å².